The Labute approximate surface area is 158 Å². The molecule has 2 aromatic heterocycles. The Hall–Kier alpha value is -2.18. The predicted molar refractivity (Wildman–Crippen MR) is 107 cm³/mol. The van der Waals surface area contributed by atoms with Crippen LogP contribution in [0.5, 0.6) is 0 Å². The number of para-hydroxylation sites is 1. The van der Waals surface area contributed by atoms with E-state index >= 15 is 0 Å². The number of carbonyl (C=O) groups excluding carboxylic acids is 1. The van der Waals surface area contributed by atoms with Crippen LogP contribution in [0.4, 0.5) is 0 Å². The zero-order valence-electron chi connectivity index (χ0n) is 15.7. The van der Waals surface area contributed by atoms with E-state index in [-0.39, 0.29) is 5.91 Å². The number of thiazole rings is 1. The van der Waals surface area contributed by atoms with E-state index in [0.717, 1.165) is 21.8 Å². The highest BCUT2D eigenvalue weighted by Gasteiger charge is 2.16. The standard InChI is InChI=1S/C20H25N3O2S/c1-13(2)23(14(3)4)12-11-21-19(24)16-9-10-17(25-16)20-22-15-7-5-6-8-18(15)26-20/h5-10,13-14H,11-12H2,1-4H3,(H,21,24). The van der Waals surface area contributed by atoms with Crippen molar-refractivity contribution >= 4 is 27.5 Å². The second-order valence-electron chi connectivity index (χ2n) is 6.83. The highest BCUT2D eigenvalue weighted by atomic mass is 32.1. The van der Waals surface area contributed by atoms with Crippen LogP contribution in [0.3, 0.4) is 0 Å². The van der Waals surface area contributed by atoms with E-state index in [1.807, 2.05) is 24.3 Å². The highest BCUT2D eigenvalue weighted by Crippen LogP contribution is 2.31. The summed E-state index contributed by atoms with van der Waals surface area (Å²) in [5.41, 5.74) is 0.942. The molecular weight excluding hydrogens is 346 g/mol. The Balaban J connectivity index is 1.63. The first-order chi connectivity index (χ1) is 12.5. The summed E-state index contributed by atoms with van der Waals surface area (Å²) in [5, 5.41) is 3.73. The third-order valence-electron chi connectivity index (χ3n) is 4.32. The number of benzene rings is 1. The van der Waals surface area contributed by atoms with Gasteiger partial charge in [-0.05, 0) is 52.0 Å². The van der Waals surface area contributed by atoms with E-state index in [0.29, 0.717) is 30.1 Å². The van der Waals surface area contributed by atoms with Gasteiger partial charge in [-0.2, -0.15) is 0 Å². The van der Waals surface area contributed by atoms with Gasteiger partial charge in [-0.1, -0.05) is 12.1 Å². The second-order valence-corrected chi connectivity index (χ2v) is 7.86. The van der Waals surface area contributed by atoms with Gasteiger partial charge in [0, 0.05) is 25.2 Å². The number of fused-ring (bicyclic) bond motifs is 1. The van der Waals surface area contributed by atoms with Crippen LogP contribution in [0.25, 0.3) is 21.0 Å². The molecule has 0 radical (unpaired) electrons. The first-order valence-electron chi connectivity index (χ1n) is 8.95. The first kappa shape index (κ1) is 18.6. The fraction of sp³-hybridized carbons (Fsp3) is 0.400. The molecule has 0 aliphatic carbocycles. The molecule has 3 aromatic rings. The summed E-state index contributed by atoms with van der Waals surface area (Å²) in [6, 6.07) is 12.4. The van der Waals surface area contributed by atoms with Crippen LogP contribution in [-0.4, -0.2) is 41.0 Å². The van der Waals surface area contributed by atoms with Gasteiger partial charge in [-0.25, -0.2) is 4.98 Å². The molecule has 6 heteroatoms. The molecule has 1 N–H and O–H groups in total. The van der Waals surface area contributed by atoms with Gasteiger partial charge in [0.1, 0.15) is 0 Å². The summed E-state index contributed by atoms with van der Waals surface area (Å²) in [7, 11) is 0. The Morgan fingerprint density at radius 2 is 1.88 bits per heavy atom. The largest absolute Gasteiger partial charge is 0.448 e. The number of rotatable bonds is 7. The highest BCUT2D eigenvalue weighted by molar-refractivity contribution is 7.21. The van der Waals surface area contributed by atoms with Crippen molar-refractivity contribution in [3.05, 3.63) is 42.2 Å². The lowest BCUT2D eigenvalue weighted by Crippen LogP contribution is -2.42. The summed E-state index contributed by atoms with van der Waals surface area (Å²) in [6.45, 7) is 10.1. The van der Waals surface area contributed by atoms with E-state index < -0.39 is 0 Å². The van der Waals surface area contributed by atoms with Gasteiger partial charge < -0.3 is 9.73 Å². The van der Waals surface area contributed by atoms with E-state index in [4.69, 9.17) is 4.42 Å². The quantitative estimate of drug-likeness (QED) is 0.668. The molecule has 0 saturated heterocycles. The van der Waals surface area contributed by atoms with Gasteiger partial charge in [0.2, 0.25) is 0 Å². The molecule has 0 fully saturated rings. The molecule has 1 amide bonds. The van der Waals surface area contributed by atoms with Gasteiger partial charge in [0.15, 0.2) is 16.5 Å². The number of nitrogens with one attached hydrogen (secondary N) is 1. The number of hydrogen-bond acceptors (Lipinski definition) is 5. The molecule has 0 bridgehead atoms. The molecule has 0 aliphatic rings. The lowest BCUT2D eigenvalue weighted by molar-refractivity contribution is 0.0913. The number of nitrogens with zero attached hydrogens (tertiary/aromatic N) is 2. The smallest absolute Gasteiger partial charge is 0.287 e. The zero-order chi connectivity index (χ0) is 18.7. The van der Waals surface area contributed by atoms with Crippen molar-refractivity contribution in [1.29, 1.82) is 0 Å². The van der Waals surface area contributed by atoms with Crippen LogP contribution in [0.15, 0.2) is 40.8 Å². The Kier molecular flexibility index (Phi) is 5.74. The molecule has 0 aliphatic heterocycles. The van der Waals surface area contributed by atoms with Gasteiger partial charge >= 0.3 is 0 Å². The molecule has 0 spiro atoms. The van der Waals surface area contributed by atoms with Gasteiger partial charge in [-0.15, -0.1) is 11.3 Å². The van der Waals surface area contributed by atoms with Gasteiger partial charge in [-0.3, -0.25) is 9.69 Å². The van der Waals surface area contributed by atoms with Gasteiger partial charge in [0.05, 0.1) is 10.2 Å². The van der Waals surface area contributed by atoms with Crippen molar-refractivity contribution < 1.29 is 9.21 Å². The Morgan fingerprint density at radius 3 is 2.58 bits per heavy atom. The molecule has 0 unspecified atom stereocenters. The minimum Gasteiger partial charge on any atom is -0.448 e. The van der Waals surface area contributed by atoms with Crippen molar-refractivity contribution in [3.63, 3.8) is 0 Å². The first-order valence-corrected chi connectivity index (χ1v) is 9.77. The predicted octanol–water partition coefficient (Wildman–Crippen LogP) is 4.40. The average molecular weight is 372 g/mol. The fourth-order valence-corrected chi connectivity index (χ4v) is 3.98. The number of carbonyl (C=O) groups is 1. The molecular formula is C20H25N3O2S. The normalized spacial score (nSPS) is 11.8. The monoisotopic (exact) mass is 371 g/mol. The maximum atomic E-state index is 12.3. The minimum absolute atomic E-state index is 0.190. The lowest BCUT2D eigenvalue weighted by atomic mass is 10.2. The maximum Gasteiger partial charge on any atom is 0.287 e. The SMILES string of the molecule is CC(C)N(CCNC(=O)c1ccc(-c2nc3ccccc3s2)o1)C(C)C. The Bertz CT molecular complexity index is 841. The van der Waals surface area contributed by atoms with E-state index in [1.54, 1.807) is 23.5 Å². The summed E-state index contributed by atoms with van der Waals surface area (Å²) < 4.78 is 6.84. The second kappa shape index (κ2) is 8.01. The van der Waals surface area contributed by atoms with Crippen LogP contribution in [-0.2, 0) is 0 Å². The van der Waals surface area contributed by atoms with Crippen molar-refractivity contribution in [1.82, 2.24) is 15.2 Å². The summed E-state index contributed by atoms with van der Waals surface area (Å²) in [4.78, 5) is 19.3. The lowest BCUT2D eigenvalue weighted by Gasteiger charge is -2.30. The summed E-state index contributed by atoms with van der Waals surface area (Å²) in [5.74, 6) is 0.757. The number of amides is 1. The zero-order valence-corrected chi connectivity index (χ0v) is 16.5. The van der Waals surface area contributed by atoms with E-state index in [1.165, 1.54) is 0 Å². The summed E-state index contributed by atoms with van der Waals surface area (Å²) in [6.07, 6.45) is 0. The molecule has 138 valence electrons. The van der Waals surface area contributed by atoms with Crippen LogP contribution < -0.4 is 5.32 Å². The minimum atomic E-state index is -0.190. The van der Waals surface area contributed by atoms with E-state index in [2.05, 4.69) is 42.9 Å². The van der Waals surface area contributed by atoms with Crippen LogP contribution in [0.1, 0.15) is 38.2 Å². The Morgan fingerprint density at radius 1 is 1.15 bits per heavy atom. The molecule has 1 aromatic carbocycles. The molecule has 3 rings (SSSR count). The van der Waals surface area contributed by atoms with Crippen LogP contribution in [0, 0.1) is 0 Å². The maximum absolute atomic E-state index is 12.3. The number of aromatic nitrogens is 1. The van der Waals surface area contributed by atoms with Crippen LogP contribution >= 0.6 is 11.3 Å². The van der Waals surface area contributed by atoms with Crippen molar-refractivity contribution in [2.75, 3.05) is 13.1 Å². The van der Waals surface area contributed by atoms with Crippen molar-refractivity contribution in [2.45, 2.75) is 39.8 Å². The number of hydrogen-bond donors (Lipinski definition) is 1. The van der Waals surface area contributed by atoms with Crippen molar-refractivity contribution in [2.24, 2.45) is 0 Å². The molecule has 0 atom stereocenters. The van der Waals surface area contributed by atoms with E-state index in [9.17, 15) is 4.79 Å². The third kappa shape index (κ3) is 4.14. The fourth-order valence-electron chi connectivity index (χ4n) is 3.05. The number of furan rings is 1. The summed E-state index contributed by atoms with van der Waals surface area (Å²) >= 11 is 1.56. The molecule has 2 heterocycles. The molecule has 26 heavy (non-hydrogen) atoms. The molecule has 5 nitrogen and oxygen atoms in total. The van der Waals surface area contributed by atoms with Crippen LogP contribution in [0.2, 0.25) is 0 Å². The van der Waals surface area contributed by atoms with Crippen molar-refractivity contribution in [3.8, 4) is 10.8 Å². The molecule has 0 saturated carbocycles. The topological polar surface area (TPSA) is 58.4 Å². The average Bonchev–Trinajstić information content (AvgIpc) is 3.23. The third-order valence-corrected chi connectivity index (χ3v) is 5.37. The van der Waals surface area contributed by atoms with Gasteiger partial charge in [0.25, 0.3) is 5.91 Å².